The summed E-state index contributed by atoms with van der Waals surface area (Å²) in [6.45, 7) is 4.39. The molecule has 0 unspecified atom stereocenters. The van der Waals surface area contributed by atoms with E-state index >= 15 is 0 Å². The largest absolute Gasteiger partial charge is 0.495 e. The van der Waals surface area contributed by atoms with Crippen molar-refractivity contribution in [1.29, 1.82) is 0 Å². The Bertz CT molecular complexity index is 389. The normalized spacial score (nSPS) is 27.5. The molecule has 0 radical (unpaired) electrons. The first-order valence-electron chi connectivity index (χ1n) is 5.08. The maximum absolute atomic E-state index is 6.08. The Kier molecular flexibility index (Phi) is 2.55. The minimum atomic E-state index is 0.189. The van der Waals surface area contributed by atoms with Crippen molar-refractivity contribution in [2.75, 3.05) is 7.11 Å². The van der Waals surface area contributed by atoms with E-state index in [0.29, 0.717) is 5.92 Å². The molecule has 1 aliphatic carbocycles. The Morgan fingerprint density at radius 2 is 2.00 bits per heavy atom. The van der Waals surface area contributed by atoms with Crippen LogP contribution in [0.25, 0.3) is 0 Å². The van der Waals surface area contributed by atoms with Gasteiger partial charge in [0, 0.05) is 17.5 Å². The molecule has 1 aliphatic rings. The predicted molar refractivity (Wildman–Crippen MR) is 65.2 cm³/mol. The molecule has 15 heavy (non-hydrogen) atoms. The number of nitrogens with two attached hydrogens (primary N) is 1. The minimum absolute atomic E-state index is 0.189. The fraction of sp³-hybridized carbons (Fsp3) is 0.500. The van der Waals surface area contributed by atoms with Crippen LogP contribution in [0.4, 0.5) is 0 Å². The summed E-state index contributed by atoms with van der Waals surface area (Å²) in [6, 6.07) is 6.36. The lowest BCUT2D eigenvalue weighted by Crippen LogP contribution is -2.06. The molecule has 0 spiro atoms. The molecule has 1 fully saturated rings. The lowest BCUT2D eigenvalue weighted by molar-refractivity contribution is 0.405. The Hall–Kier alpha value is -0.540. The second-order valence-corrected chi connectivity index (χ2v) is 5.54. The van der Waals surface area contributed by atoms with Gasteiger partial charge in [0.25, 0.3) is 0 Å². The van der Waals surface area contributed by atoms with E-state index in [9.17, 15) is 0 Å². The van der Waals surface area contributed by atoms with Crippen LogP contribution >= 0.6 is 15.9 Å². The summed E-state index contributed by atoms with van der Waals surface area (Å²) in [5.74, 6) is 1.33. The molecule has 0 bridgehead atoms. The van der Waals surface area contributed by atoms with Crippen molar-refractivity contribution in [3.8, 4) is 5.75 Å². The van der Waals surface area contributed by atoms with Crippen molar-refractivity contribution < 1.29 is 4.74 Å². The van der Waals surface area contributed by atoms with Gasteiger partial charge in [0.2, 0.25) is 0 Å². The fourth-order valence-electron chi connectivity index (χ4n) is 2.26. The molecule has 2 atom stereocenters. The first-order valence-corrected chi connectivity index (χ1v) is 5.87. The molecule has 1 saturated carbocycles. The van der Waals surface area contributed by atoms with Gasteiger partial charge in [-0.15, -0.1) is 0 Å². The standard InChI is InChI=1S/C12H16BrNO/c1-12(2)9(11(12)14)7-5-4-6-8(13)10(7)15-3/h4-6,9,11H,14H2,1-3H3/t9-,11-/m1/s1. The molecule has 2 N–H and O–H groups in total. The molecule has 2 nitrogen and oxygen atoms in total. The highest BCUT2D eigenvalue weighted by molar-refractivity contribution is 9.10. The maximum Gasteiger partial charge on any atom is 0.136 e. The van der Waals surface area contributed by atoms with Crippen molar-refractivity contribution >= 4 is 15.9 Å². The summed E-state index contributed by atoms with van der Waals surface area (Å²) >= 11 is 3.50. The van der Waals surface area contributed by atoms with Crippen molar-refractivity contribution in [2.45, 2.75) is 25.8 Å². The highest BCUT2D eigenvalue weighted by Crippen LogP contribution is 2.59. The molecule has 3 heteroatoms. The van der Waals surface area contributed by atoms with E-state index < -0.39 is 0 Å². The van der Waals surface area contributed by atoms with E-state index in [4.69, 9.17) is 10.5 Å². The summed E-state index contributed by atoms with van der Waals surface area (Å²) in [7, 11) is 1.70. The molecule has 2 rings (SSSR count). The number of ether oxygens (including phenoxy) is 1. The summed E-state index contributed by atoms with van der Waals surface area (Å²) < 4.78 is 6.41. The van der Waals surface area contributed by atoms with Gasteiger partial charge >= 0.3 is 0 Å². The Balaban J connectivity index is 2.42. The second-order valence-electron chi connectivity index (χ2n) is 4.69. The third kappa shape index (κ3) is 1.58. The quantitative estimate of drug-likeness (QED) is 0.896. The van der Waals surface area contributed by atoms with Gasteiger partial charge in [-0.25, -0.2) is 0 Å². The number of methoxy groups -OCH3 is 1. The summed E-state index contributed by atoms with van der Waals surface area (Å²) in [5.41, 5.74) is 7.48. The Morgan fingerprint density at radius 3 is 2.47 bits per heavy atom. The molecule has 82 valence electrons. The van der Waals surface area contributed by atoms with E-state index in [0.717, 1.165) is 10.2 Å². The summed E-state index contributed by atoms with van der Waals surface area (Å²) in [4.78, 5) is 0. The lowest BCUT2D eigenvalue weighted by atomic mass is 10.0. The zero-order chi connectivity index (χ0) is 11.2. The molecule has 0 heterocycles. The molecule has 1 aromatic rings. The average molecular weight is 270 g/mol. The average Bonchev–Trinajstić information content (AvgIpc) is 2.66. The molecular formula is C12H16BrNO. The third-order valence-corrected chi connectivity index (χ3v) is 4.07. The molecule has 0 aliphatic heterocycles. The summed E-state index contributed by atoms with van der Waals surface area (Å²) in [6.07, 6.45) is 0. The third-order valence-electron chi connectivity index (χ3n) is 3.45. The van der Waals surface area contributed by atoms with Gasteiger partial charge in [0.1, 0.15) is 5.75 Å². The number of rotatable bonds is 2. The van der Waals surface area contributed by atoms with Crippen LogP contribution in [0.3, 0.4) is 0 Å². The Labute approximate surface area is 98.9 Å². The van der Waals surface area contributed by atoms with Gasteiger partial charge in [0.15, 0.2) is 0 Å². The van der Waals surface area contributed by atoms with Crippen LogP contribution in [0.1, 0.15) is 25.3 Å². The van der Waals surface area contributed by atoms with E-state index in [2.05, 4.69) is 35.8 Å². The molecule has 0 aromatic heterocycles. The van der Waals surface area contributed by atoms with Crippen molar-refractivity contribution in [2.24, 2.45) is 11.1 Å². The van der Waals surface area contributed by atoms with Crippen LogP contribution in [-0.2, 0) is 0 Å². The number of para-hydroxylation sites is 1. The predicted octanol–water partition coefficient (Wildman–Crippen LogP) is 2.91. The Morgan fingerprint density at radius 1 is 1.40 bits per heavy atom. The van der Waals surface area contributed by atoms with Crippen molar-refractivity contribution in [3.63, 3.8) is 0 Å². The van der Waals surface area contributed by atoms with E-state index in [1.54, 1.807) is 7.11 Å². The van der Waals surface area contributed by atoms with Crippen LogP contribution < -0.4 is 10.5 Å². The number of hydrogen-bond donors (Lipinski definition) is 1. The van der Waals surface area contributed by atoms with Crippen LogP contribution in [0.2, 0.25) is 0 Å². The highest BCUT2D eigenvalue weighted by atomic mass is 79.9. The number of benzene rings is 1. The van der Waals surface area contributed by atoms with Gasteiger partial charge in [-0.3, -0.25) is 0 Å². The van der Waals surface area contributed by atoms with Crippen molar-refractivity contribution in [1.82, 2.24) is 0 Å². The van der Waals surface area contributed by atoms with E-state index in [1.165, 1.54) is 5.56 Å². The monoisotopic (exact) mass is 269 g/mol. The smallest absolute Gasteiger partial charge is 0.136 e. The number of halogens is 1. The van der Waals surface area contributed by atoms with Crippen LogP contribution in [-0.4, -0.2) is 13.2 Å². The summed E-state index contributed by atoms with van der Waals surface area (Å²) in [5, 5.41) is 0. The first-order chi connectivity index (χ1) is 7.00. The first kappa shape index (κ1) is 11.0. The van der Waals surface area contributed by atoms with Crippen LogP contribution in [0.5, 0.6) is 5.75 Å². The highest BCUT2D eigenvalue weighted by Gasteiger charge is 2.57. The van der Waals surface area contributed by atoms with Gasteiger partial charge in [-0.2, -0.15) is 0 Å². The second kappa shape index (κ2) is 3.49. The van der Waals surface area contributed by atoms with Gasteiger partial charge in [-0.05, 0) is 27.4 Å². The SMILES string of the molecule is COc1c(Br)cccc1[C@@H]1[C@@H](N)C1(C)C. The van der Waals surface area contributed by atoms with E-state index in [-0.39, 0.29) is 11.5 Å². The maximum atomic E-state index is 6.08. The van der Waals surface area contributed by atoms with Crippen molar-refractivity contribution in [3.05, 3.63) is 28.2 Å². The van der Waals surface area contributed by atoms with E-state index in [1.807, 2.05) is 12.1 Å². The topological polar surface area (TPSA) is 35.2 Å². The van der Waals surface area contributed by atoms with Crippen LogP contribution in [0, 0.1) is 5.41 Å². The van der Waals surface area contributed by atoms with Gasteiger partial charge in [0.05, 0.1) is 11.6 Å². The molecule has 0 saturated heterocycles. The number of hydrogen-bond acceptors (Lipinski definition) is 2. The fourth-order valence-corrected chi connectivity index (χ4v) is 2.80. The van der Waals surface area contributed by atoms with Gasteiger partial charge in [-0.1, -0.05) is 26.0 Å². The molecular weight excluding hydrogens is 254 g/mol. The molecule has 1 aromatic carbocycles. The lowest BCUT2D eigenvalue weighted by Gasteiger charge is -2.11. The zero-order valence-corrected chi connectivity index (χ0v) is 10.8. The zero-order valence-electron chi connectivity index (χ0n) is 9.25. The van der Waals surface area contributed by atoms with Gasteiger partial charge < -0.3 is 10.5 Å². The molecule has 0 amide bonds. The minimum Gasteiger partial charge on any atom is -0.495 e. The van der Waals surface area contributed by atoms with Crippen LogP contribution in [0.15, 0.2) is 22.7 Å².